The van der Waals surface area contributed by atoms with E-state index in [1.54, 1.807) is 26.0 Å². The molecule has 2 atom stereocenters. The zero-order valence-corrected chi connectivity index (χ0v) is 20.1. The molecule has 0 saturated carbocycles. The van der Waals surface area contributed by atoms with Gasteiger partial charge in [-0.15, -0.1) is 17.1 Å². The number of methoxy groups -OCH3 is 1. The number of halogens is 1. The van der Waals surface area contributed by atoms with Gasteiger partial charge in [-0.25, -0.2) is 4.79 Å². The number of aromatic amines is 1. The second-order valence-electron chi connectivity index (χ2n) is 8.11. The van der Waals surface area contributed by atoms with Crippen LogP contribution in [0, 0.1) is 0 Å². The first-order valence-corrected chi connectivity index (χ1v) is 10.5. The van der Waals surface area contributed by atoms with E-state index in [1.165, 1.54) is 11.8 Å². The highest BCUT2D eigenvalue weighted by Crippen LogP contribution is 2.17. The fourth-order valence-electron chi connectivity index (χ4n) is 3.18. The molecule has 10 nitrogen and oxygen atoms in total. The SMILES string of the molecule is COC(=O)C(c1ccccc1)[n+]1[nH]nnc1[C@@H](COCc1ccccc1)NC(=O)C(C)(C)N.Cl. The smallest absolute Gasteiger partial charge is 0.350 e. The number of amides is 1. The molecule has 182 valence electrons. The van der Waals surface area contributed by atoms with Crippen molar-refractivity contribution < 1.29 is 23.7 Å². The number of H-pyrrole nitrogens is 1. The van der Waals surface area contributed by atoms with Crippen molar-refractivity contribution in [3.63, 3.8) is 0 Å². The summed E-state index contributed by atoms with van der Waals surface area (Å²) in [6.07, 6.45) is 0. The maximum absolute atomic E-state index is 12.7. The number of carbonyl (C=O) groups excluding carboxylic acids is 2. The van der Waals surface area contributed by atoms with Crippen LogP contribution in [-0.4, -0.2) is 46.7 Å². The molecule has 1 heterocycles. The van der Waals surface area contributed by atoms with Crippen LogP contribution < -0.4 is 15.7 Å². The van der Waals surface area contributed by atoms with Crippen LogP contribution in [0.1, 0.15) is 42.9 Å². The van der Waals surface area contributed by atoms with Crippen molar-refractivity contribution >= 4 is 24.3 Å². The normalized spacial score (nSPS) is 12.8. The van der Waals surface area contributed by atoms with Gasteiger partial charge in [0.05, 0.1) is 25.9 Å². The number of carbonyl (C=O) groups is 2. The molecule has 34 heavy (non-hydrogen) atoms. The van der Waals surface area contributed by atoms with Crippen LogP contribution in [0.3, 0.4) is 0 Å². The lowest BCUT2D eigenvalue weighted by Gasteiger charge is -2.23. The molecule has 0 spiro atoms. The second-order valence-corrected chi connectivity index (χ2v) is 8.11. The number of rotatable bonds is 10. The van der Waals surface area contributed by atoms with E-state index >= 15 is 0 Å². The Balaban J connectivity index is 0.00000408. The lowest BCUT2D eigenvalue weighted by molar-refractivity contribution is -0.766. The first-order chi connectivity index (χ1) is 15.8. The molecule has 1 unspecified atom stereocenters. The molecular weight excluding hydrogens is 460 g/mol. The van der Waals surface area contributed by atoms with Crippen LogP contribution in [0.25, 0.3) is 0 Å². The molecule has 11 heteroatoms. The molecule has 0 radical (unpaired) electrons. The predicted octanol–water partition coefficient (Wildman–Crippen LogP) is 1.39. The Hall–Kier alpha value is -3.34. The van der Waals surface area contributed by atoms with Crippen LogP contribution in [0.2, 0.25) is 0 Å². The first kappa shape index (κ1) is 26.9. The standard InChI is InChI=1S/C23H28N6O4.ClH/c1-23(2,24)22(31)25-18(15-33-14-16-10-6-4-7-11-16)20-26-27-28-29(20)19(21(30)32-3)17-12-8-5-9-13-17;/h4-13,18-19H,14-15,24H2,1-3H3,(H,25,31);1H/p+1/t18-,19?;/m1./s1. The van der Waals surface area contributed by atoms with E-state index in [1.807, 2.05) is 48.5 Å². The zero-order chi connectivity index (χ0) is 23.8. The van der Waals surface area contributed by atoms with Crippen LogP contribution in [0.5, 0.6) is 0 Å². The summed E-state index contributed by atoms with van der Waals surface area (Å²) in [5.74, 6) is -0.632. The molecule has 0 fully saturated rings. The number of ether oxygens (including phenoxy) is 2. The van der Waals surface area contributed by atoms with Gasteiger partial charge in [0.1, 0.15) is 11.1 Å². The summed E-state index contributed by atoms with van der Waals surface area (Å²) in [6, 6.07) is 17.1. The van der Waals surface area contributed by atoms with E-state index in [9.17, 15) is 9.59 Å². The van der Waals surface area contributed by atoms with Gasteiger partial charge >= 0.3 is 11.8 Å². The molecular formula is C23H30ClN6O4+. The van der Waals surface area contributed by atoms with Gasteiger partial charge in [0.15, 0.2) is 5.21 Å². The minimum Gasteiger partial charge on any atom is -0.466 e. The van der Waals surface area contributed by atoms with Crippen molar-refractivity contribution in [1.82, 2.24) is 20.8 Å². The fraction of sp³-hybridized carbons (Fsp3) is 0.348. The number of nitrogens with two attached hydrogens (primary N) is 1. The average molecular weight is 490 g/mol. The maximum atomic E-state index is 12.7. The van der Waals surface area contributed by atoms with Crippen LogP contribution in [0.4, 0.5) is 0 Å². The average Bonchev–Trinajstić information content (AvgIpc) is 3.28. The largest absolute Gasteiger partial charge is 0.466 e. The van der Waals surface area contributed by atoms with Crippen molar-refractivity contribution in [2.75, 3.05) is 13.7 Å². The van der Waals surface area contributed by atoms with E-state index < -0.39 is 29.5 Å². The Kier molecular flexibility index (Phi) is 9.67. The van der Waals surface area contributed by atoms with Crippen molar-refractivity contribution in [1.29, 1.82) is 0 Å². The van der Waals surface area contributed by atoms with Gasteiger partial charge in [-0.05, 0) is 19.4 Å². The molecule has 3 rings (SSSR count). The lowest BCUT2D eigenvalue weighted by atomic mass is 10.1. The molecule has 3 aromatic rings. The molecule has 0 aliphatic rings. The number of esters is 1. The predicted molar refractivity (Wildman–Crippen MR) is 126 cm³/mol. The highest BCUT2D eigenvalue weighted by Gasteiger charge is 2.38. The Morgan fingerprint density at radius 2 is 1.74 bits per heavy atom. The molecule has 4 N–H and O–H groups in total. The van der Waals surface area contributed by atoms with E-state index in [0.29, 0.717) is 18.0 Å². The quantitative estimate of drug-likeness (QED) is 0.289. The van der Waals surface area contributed by atoms with Crippen LogP contribution in [0.15, 0.2) is 60.7 Å². The number of nitrogens with one attached hydrogen (secondary N) is 2. The Bertz CT molecular complexity index is 1060. The summed E-state index contributed by atoms with van der Waals surface area (Å²) in [4.78, 5) is 25.4. The highest BCUT2D eigenvalue weighted by molar-refractivity contribution is 5.85. The summed E-state index contributed by atoms with van der Waals surface area (Å²) < 4.78 is 12.4. The summed E-state index contributed by atoms with van der Waals surface area (Å²) in [5, 5.41) is 13.6. The van der Waals surface area contributed by atoms with Crippen molar-refractivity contribution in [3.05, 3.63) is 77.6 Å². The molecule has 1 aromatic heterocycles. The number of benzene rings is 2. The third kappa shape index (κ3) is 6.83. The number of hydrogen-bond acceptors (Lipinski definition) is 7. The minimum absolute atomic E-state index is 0. The first-order valence-electron chi connectivity index (χ1n) is 10.5. The topological polar surface area (TPSA) is 136 Å². The minimum atomic E-state index is -1.13. The second kappa shape index (κ2) is 12.2. The molecule has 0 aliphatic carbocycles. The Morgan fingerprint density at radius 3 is 2.32 bits per heavy atom. The summed E-state index contributed by atoms with van der Waals surface area (Å²) in [7, 11) is 1.31. The summed E-state index contributed by atoms with van der Waals surface area (Å²) >= 11 is 0. The van der Waals surface area contributed by atoms with Gasteiger partial charge in [0, 0.05) is 5.56 Å². The Labute approximate surface area is 204 Å². The molecule has 0 saturated heterocycles. The molecule has 2 aromatic carbocycles. The van der Waals surface area contributed by atoms with E-state index in [2.05, 4.69) is 20.8 Å². The van der Waals surface area contributed by atoms with Crippen molar-refractivity contribution in [2.24, 2.45) is 5.73 Å². The van der Waals surface area contributed by atoms with Gasteiger partial charge in [-0.2, -0.15) is 0 Å². The molecule has 0 aliphatic heterocycles. The van der Waals surface area contributed by atoms with Crippen LogP contribution in [-0.2, 0) is 25.7 Å². The van der Waals surface area contributed by atoms with Gasteiger partial charge in [0.25, 0.3) is 0 Å². The number of nitrogens with zero attached hydrogens (tertiary/aromatic N) is 3. The highest BCUT2D eigenvalue weighted by atomic mass is 35.5. The van der Waals surface area contributed by atoms with E-state index in [4.69, 9.17) is 15.2 Å². The molecule has 1 amide bonds. The van der Waals surface area contributed by atoms with Crippen LogP contribution >= 0.6 is 12.4 Å². The van der Waals surface area contributed by atoms with E-state index in [-0.39, 0.29) is 19.0 Å². The zero-order valence-electron chi connectivity index (χ0n) is 19.3. The van der Waals surface area contributed by atoms with Gasteiger partial charge in [-0.3, -0.25) is 4.79 Å². The van der Waals surface area contributed by atoms with E-state index in [0.717, 1.165) is 5.56 Å². The Morgan fingerprint density at radius 1 is 1.12 bits per heavy atom. The van der Waals surface area contributed by atoms with Gasteiger partial charge in [0.2, 0.25) is 11.9 Å². The molecule has 0 bridgehead atoms. The van der Waals surface area contributed by atoms with Gasteiger partial charge in [-0.1, -0.05) is 65.9 Å². The van der Waals surface area contributed by atoms with Gasteiger partial charge < -0.3 is 20.5 Å². The third-order valence-corrected chi connectivity index (χ3v) is 4.95. The monoisotopic (exact) mass is 489 g/mol. The number of aromatic nitrogens is 4. The number of hydrogen-bond donors (Lipinski definition) is 3. The maximum Gasteiger partial charge on any atom is 0.350 e. The summed E-state index contributed by atoms with van der Waals surface area (Å²) in [6.45, 7) is 3.60. The fourth-order valence-corrected chi connectivity index (χ4v) is 3.18. The summed E-state index contributed by atoms with van der Waals surface area (Å²) in [5.41, 5.74) is 6.49. The van der Waals surface area contributed by atoms with Crippen molar-refractivity contribution in [3.8, 4) is 0 Å². The number of tetrazole rings is 1. The lowest BCUT2D eigenvalue weighted by Crippen LogP contribution is -2.55. The van der Waals surface area contributed by atoms with Crippen molar-refractivity contribution in [2.45, 2.75) is 38.1 Å². The third-order valence-electron chi connectivity index (χ3n) is 4.95.